The lowest BCUT2D eigenvalue weighted by molar-refractivity contribution is 0.0187. The number of nitrogens with one attached hydrogen (secondary N) is 3. The van der Waals surface area contributed by atoms with Gasteiger partial charge in [-0.05, 0) is 75.1 Å². The molecule has 1 amide bonds. The van der Waals surface area contributed by atoms with Crippen molar-refractivity contribution in [2.24, 2.45) is 0 Å². The van der Waals surface area contributed by atoms with Crippen LogP contribution in [0, 0.1) is 20.8 Å². The second-order valence-corrected chi connectivity index (χ2v) is 12.2. The van der Waals surface area contributed by atoms with Crippen molar-refractivity contribution in [2.75, 3.05) is 32.8 Å². The van der Waals surface area contributed by atoms with Gasteiger partial charge in [0, 0.05) is 88.3 Å². The molecule has 6 heterocycles. The van der Waals surface area contributed by atoms with Crippen LogP contribution >= 0.6 is 11.3 Å². The average molecular weight is 560 g/mol. The molecule has 4 aromatic rings. The molecule has 0 bridgehead atoms. The second kappa shape index (κ2) is 11.0. The van der Waals surface area contributed by atoms with E-state index in [1.807, 2.05) is 44.2 Å². The summed E-state index contributed by atoms with van der Waals surface area (Å²) in [5.74, 6) is -0.171. The minimum Gasteiger partial charge on any atom is -0.379 e. The normalized spacial score (nSPS) is 16.7. The number of aromatic nitrogens is 2. The summed E-state index contributed by atoms with van der Waals surface area (Å²) >= 11 is 1.88. The average Bonchev–Trinajstić information content (AvgIpc) is 3.56. The maximum absolute atomic E-state index is 13.7. The fraction of sp³-hybridized carbons (Fsp3) is 0.419. The number of H-pyrrole nitrogens is 1. The number of morpholine rings is 1. The van der Waals surface area contributed by atoms with Gasteiger partial charge < -0.3 is 24.8 Å². The standard InChI is InChI=1S/C31H37N5O3S/c1-18-11-19(2)34-31(38)26(18)16-33-30(37)25-14-24-12-23(28-13-22-15-32-6-5-27(22)40-28)17-36(24)29(20(25)3)21(4)35-7-9-39-10-8-35/h11-14,17,21,32H,5-10,15-16H2,1-4H3,(H,33,37)(H,34,38). The molecule has 1 unspecified atom stereocenters. The molecule has 210 valence electrons. The predicted molar refractivity (Wildman–Crippen MR) is 159 cm³/mol. The van der Waals surface area contributed by atoms with Crippen molar-refractivity contribution in [1.29, 1.82) is 0 Å². The molecule has 8 nitrogen and oxygen atoms in total. The van der Waals surface area contributed by atoms with Crippen molar-refractivity contribution in [3.8, 4) is 10.4 Å². The Morgan fingerprint density at radius 2 is 1.95 bits per heavy atom. The van der Waals surface area contributed by atoms with Crippen LogP contribution < -0.4 is 16.2 Å². The summed E-state index contributed by atoms with van der Waals surface area (Å²) in [6, 6.07) is 8.54. The number of aromatic amines is 1. The highest BCUT2D eigenvalue weighted by molar-refractivity contribution is 7.15. The summed E-state index contributed by atoms with van der Waals surface area (Å²) in [7, 11) is 0. The Balaban J connectivity index is 1.40. The van der Waals surface area contributed by atoms with Gasteiger partial charge in [0.05, 0.1) is 13.2 Å². The highest BCUT2D eigenvalue weighted by atomic mass is 32.1. The van der Waals surface area contributed by atoms with E-state index in [9.17, 15) is 9.59 Å². The molecule has 40 heavy (non-hydrogen) atoms. The molecule has 9 heteroatoms. The van der Waals surface area contributed by atoms with Crippen molar-refractivity contribution in [3.05, 3.63) is 84.9 Å². The smallest absolute Gasteiger partial charge is 0.253 e. The molecular weight excluding hydrogens is 522 g/mol. The number of carbonyl (C=O) groups excluding carboxylic acids is 1. The Morgan fingerprint density at radius 3 is 2.70 bits per heavy atom. The van der Waals surface area contributed by atoms with Crippen LogP contribution in [0.1, 0.15) is 61.8 Å². The summed E-state index contributed by atoms with van der Waals surface area (Å²) in [5, 5.41) is 6.51. The van der Waals surface area contributed by atoms with Crippen LogP contribution in [0.15, 0.2) is 35.3 Å². The third-order valence-corrected chi connectivity index (χ3v) is 9.65. The highest BCUT2D eigenvalue weighted by Crippen LogP contribution is 2.37. The number of hydrogen-bond donors (Lipinski definition) is 3. The molecule has 2 aliphatic rings. The van der Waals surface area contributed by atoms with Crippen LogP contribution in [0.4, 0.5) is 0 Å². The van der Waals surface area contributed by atoms with Crippen LogP contribution in [-0.4, -0.2) is 53.0 Å². The first-order valence-corrected chi connectivity index (χ1v) is 14.9. The number of fused-ring (bicyclic) bond motifs is 2. The van der Waals surface area contributed by atoms with Gasteiger partial charge in [-0.2, -0.15) is 0 Å². The van der Waals surface area contributed by atoms with Gasteiger partial charge in [-0.3, -0.25) is 14.5 Å². The molecule has 1 saturated heterocycles. The first-order valence-electron chi connectivity index (χ1n) is 14.1. The molecule has 3 N–H and O–H groups in total. The number of pyridine rings is 2. The number of carbonyl (C=O) groups is 1. The maximum Gasteiger partial charge on any atom is 0.253 e. The molecule has 0 aliphatic carbocycles. The van der Waals surface area contributed by atoms with Crippen molar-refractivity contribution < 1.29 is 9.53 Å². The minimum atomic E-state index is -0.171. The van der Waals surface area contributed by atoms with E-state index < -0.39 is 0 Å². The van der Waals surface area contributed by atoms with Crippen LogP contribution in [-0.2, 0) is 24.2 Å². The molecule has 1 atom stereocenters. The molecule has 4 aromatic heterocycles. The highest BCUT2D eigenvalue weighted by Gasteiger charge is 2.26. The van der Waals surface area contributed by atoms with E-state index in [1.54, 1.807) is 0 Å². The lowest BCUT2D eigenvalue weighted by atomic mass is 10.0. The van der Waals surface area contributed by atoms with Crippen LogP contribution in [0.2, 0.25) is 0 Å². The van der Waals surface area contributed by atoms with Crippen molar-refractivity contribution in [3.63, 3.8) is 0 Å². The zero-order chi connectivity index (χ0) is 28.0. The number of rotatable bonds is 6. The number of ether oxygens (including phenoxy) is 1. The molecule has 0 saturated carbocycles. The maximum atomic E-state index is 13.7. The molecule has 6 rings (SSSR count). The van der Waals surface area contributed by atoms with Crippen LogP contribution in [0.5, 0.6) is 0 Å². The number of aryl methyl sites for hydroxylation is 2. The predicted octanol–water partition coefficient (Wildman–Crippen LogP) is 4.25. The SMILES string of the molecule is Cc1cc(C)c(CNC(=O)c2cc3cc(-c4cc5c(s4)CCNC5)cn3c(C(C)N3CCOCC3)c2C)c(=O)[nH]1. The van der Waals surface area contributed by atoms with E-state index >= 15 is 0 Å². The molecule has 2 aliphatic heterocycles. The zero-order valence-electron chi connectivity index (χ0n) is 23.6. The van der Waals surface area contributed by atoms with E-state index in [2.05, 4.69) is 50.2 Å². The van der Waals surface area contributed by atoms with Gasteiger partial charge in [0.1, 0.15) is 0 Å². The van der Waals surface area contributed by atoms with Crippen LogP contribution in [0.25, 0.3) is 16.0 Å². The summed E-state index contributed by atoms with van der Waals surface area (Å²) in [6.07, 6.45) is 3.30. The van der Waals surface area contributed by atoms with Crippen molar-refractivity contribution >= 4 is 22.8 Å². The van der Waals surface area contributed by atoms with Gasteiger partial charge >= 0.3 is 0 Å². The topological polar surface area (TPSA) is 90.9 Å². The van der Waals surface area contributed by atoms with Gasteiger partial charge in [0.25, 0.3) is 11.5 Å². The molecular formula is C31H37N5O3S. The quantitative estimate of drug-likeness (QED) is 0.329. The summed E-state index contributed by atoms with van der Waals surface area (Å²) in [4.78, 5) is 34.2. The summed E-state index contributed by atoms with van der Waals surface area (Å²) in [6.45, 7) is 13.3. The fourth-order valence-corrected chi connectivity index (χ4v) is 7.32. The largest absolute Gasteiger partial charge is 0.379 e. The summed E-state index contributed by atoms with van der Waals surface area (Å²) in [5.41, 5.74) is 8.39. The first-order chi connectivity index (χ1) is 19.3. The Morgan fingerprint density at radius 1 is 1.15 bits per heavy atom. The van der Waals surface area contributed by atoms with E-state index in [-0.39, 0.29) is 24.1 Å². The second-order valence-electron chi connectivity index (χ2n) is 11.0. The van der Waals surface area contributed by atoms with Gasteiger partial charge in [0.2, 0.25) is 0 Å². The van der Waals surface area contributed by atoms with E-state index in [0.29, 0.717) is 24.3 Å². The molecule has 1 fully saturated rings. The van der Waals surface area contributed by atoms with Gasteiger partial charge in [-0.25, -0.2) is 0 Å². The Hall–Kier alpha value is -3.24. The van der Waals surface area contributed by atoms with Crippen LogP contribution in [0.3, 0.4) is 0 Å². The third-order valence-electron chi connectivity index (χ3n) is 8.37. The third kappa shape index (κ3) is 5.03. The lowest BCUT2D eigenvalue weighted by Gasteiger charge is -2.34. The van der Waals surface area contributed by atoms with Crippen molar-refractivity contribution in [2.45, 2.75) is 53.2 Å². The monoisotopic (exact) mass is 559 g/mol. The number of nitrogens with zero attached hydrogens (tertiary/aromatic N) is 2. The Bertz CT molecular complexity index is 1620. The van der Waals surface area contributed by atoms with E-state index in [0.717, 1.165) is 60.6 Å². The molecule has 0 radical (unpaired) electrons. The number of hydrogen-bond acceptors (Lipinski definition) is 6. The van der Waals surface area contributed by atoms with Gasteiger partial charge in [-0.1, -0.05) is 0 Å². The Labute approximate surface area is 238 Å². The molecule has 0 aromatic carbocycles. The molecule has 0 spiro atoms. The van der Waals surface area contributed by atoms with Gasteiger partial charge in [0.15, 0.2) is 0 Å². The zero-order valence-corrected chi connectivity index (χ0v) is 24.5. The fourth-order valence-electron chi connectivity index (χ4n) is 6.16. The van der Waals surface area contributed by atoms with E-state index in [4.69, 9.17) is 4.74 Å². The summed E-state index contributed by atoms with van der Waals surface area (Å²) < 4.78 is 7.89. The minimum absolute atomic E-state index is 0.0994. The Kier molecular flexibility index (Phi) is 7.39. The van der Waals surface area contributed by atoms with E-state index in [1.165, 1.54) is 20.9 Å². The van der Waals surface area contributed by atoms with Crippen molar-refractivity contribution in [1.82, 2.24) is 24.9 Å². The number of thiophene rings is 1. The lowest BCUT2D eigenvalue weighted by Crippen LogP contribution is -2.39. The number of amides is 1. The first kappa shape index (κ1) is 27.0. The van der Waals surface area contributed by atoms with Gasteiger partial charge in [-0.15, -0.1) is 11.3 Å².